The Balaban J connectivity index is 2.09. The molecule has 0 aliphatic heterocycles. The molecule has 0 heterocycles. The Morgan fingerprint density at radius 3 is 2.14 bits per heavy atom. The zero-order valence-corrected chi connectivity index (χ0v) is 18.7. The van der Waals surface area contributed by atoms with Crippen molar-refractivity contribution in [3.05, 3.63) is 28.2 Å². The summed E-state index contributed by atoms with van der Waals surface area (Å²) in [6.07, 6.45) is 9.66. The maximum Gasteiger partial charge on any atom is 0.306 e. The fraction of sp³-hybridized carbons (Fsp3) is 0.636. The van der Waals surface area contributed by atoms with Crippen LogP contribution in [-0.4, -0.2) is 25.7 Å². The van der Waals surface area contributed by atoms with E-state index in [1.807, 2.05) is 12.1 Å². The highest BCUT2D eigenvalue weighted by Gasteiger charge is 2.11. The maximum atomic E-state index is 11.8. The molecular weight excluding hydrogens is 424 g/mol. The van der Waals surface area contributed by atoms with Crippen LogP contribution >= 0.6 is 15.9 Å². The summed E-state index contributed by atoms with van der Waals surface area (Å²) in [6.45, 7) is 2.75. The molecule has 6 heteroatoms. The van der Waals surface area contributed by atoms with Crippen molar-refractivity contribution in [2.45, 2.75) is 77.7 Å². The first-order chi connectivity index (χ1) is 13.6. The van der Waals surface area contributed by atoms with E-state index in [4.69, 9.17) is 14.2 Å². The fourth-order valence-electron chi connectivity index (χ4n) is 2.79. The fourth-order valence-corrected chi connectivity index (χ4v) is 3.20. The van der Waals surface area contributed by atoms with Crippen molar-refractivity contribution in [3.8, 4) is 5.75 Å². The second-order valence-electron chi connectivity index (χ2n) is 6.81. The number of esters is 2. The van der Waals surface area contributed by atoms with Crippen molar-refractivity contribution in [1.29, 1.82) is 0 Å². The molecule has 0 amide bonds. The van der Waals surface area contributed by atoms with Gasteiger partial charge in [0.05, 0.1) is 26.6 Å². The average molecular weight is 457 g/mol. The lowest BCUT2D eigenvalue weighted by Crippen LogP contribution is -2.11. The summed E-state index contributed by atoms with van der Waals surface area (Å²) in [5.74, 6) is -0.119. The molecule has 0 fully saturated rings. The third-order valence-electron chi connectivity index (χ3n) is 4.43. The highest BCUT2D eigenvalue weighted by molar-refractivity contribution is 9.10. The van der Waals surface area contributed by atoms with Gasteiger partial charge in [0.1, 0.15) is 12.4 Å². The summed E-state index contributed by atoms with van der Waals surface area (Å²) in [5.41, 5.74) is 0.766. The summed E-state index contributed by atoms with van der Waals surface area (Å²) in [4.78, 5) is 23.6. The Kier molecular flexibility index (Phi) is 13.4. The number of hydrogen-bond acceptors (Lipinski definition) is 5. The zero-order valence-electron chi connectivity index (χ0n) is 17.1. The second kappa shape index (κ2) is 15.4. The third kappa shape index (κ3) is 11.3. The normalized spacial score (nSPS) is 10.5. The van der Waals surface area contributed by atoms with Gasteiger partial charge >= 0.3 is 11.9 Å². The van der Waals surface area contributed by atoms with Crippen LogP contribution in [0.2, 0.25) is 0 Å². The van der Waals surface area contributed by atoms with Crippen molar-refractivity contribution in [3.63, 3.8) is 0 Å². The molecule has 0 saturated heterocycles. The first kappa shape index (κ1) is 24.5. The molecule has 1 aromatic carbocycles. The first-order valence-corrected chi connectivity index (χ1v) is 11.0. The van der Waals surface area contributed by atoms with Crippen molar-refractivity contribution in [2.75, 3.05) is 13.7 Å². The molecule has 5 nitrogen and oxygen atoms in total. The van der Waals surface area contributed by atoms with E-state index in [9.17, 15) is 9.59 Å². The summed E-state index contributed by atoms with van der Waals surface area (Å²) >= 11 is 3.38. The Morgan fingerprint density at radius 1 is 0.893 bits per heavy atom. The Labute approximate surface area is 177 Å². The van der Waals surface area contributed by atoms with Gasteiger partial charge in [-0.1, -0.05) is 67.8 Å². The Bertz CT molecular complexity index is 588. The average Bonchev–Trinajstić information content (AvgIpc) is 2.69. The summed E-state index contributed by atoms with van der Waals surface area (Å²) < 4.78 is 16.5. The molecule has 0 radical (unpaired) electrons. The third-order valence-corrected chi connectivity index (χ3v) is 4.92. The van der Waals surface area contributed by atoms with Crippen molar-refractivity contribution in [2.24, 2.45) is 0 Å². The van der Waals surface area contributed by atoms with Gasteiger partial charge < -0.3 is 14.2 Å². The van der Waals surface area contributed by atoms with Gasteiger partial charge in [-0.25, -0.2) is 0 Å². The lowest BCUT2D eigenvalue weighted by Gasteiger charge is -2.10. The van der Waals surface area contributed by atoms with Crippen LogP contribution in [0, 0.1) is 0 Å². The second-order valence-corrected chi connectivity index (χ2v) is 7.73. The lowest BCUT2D eigenvalue weighted by atomic mass is 10.1. The van der Waals surface area contributed by atoms with E-state index in [1.54, 1.807) is 13.2 Å². The molecule has 0 atom stereocenters. The maximum absolute atomic E-state index is 11.8. The minimum atomic E-state index is -0.425. The minimum Gasteiger partial charge on any atom is -0.496 e. The van der Waals surface area contributed by atoms with Crippen LogP contribution in [-0.2, 0) is 25.7 Å². The van der Waals surface area contributed by atoms with E-state index in [-0.39, 0.29) is 25.4 Å². The van der Waals surface area contributed by atoms with Gasteiger partial charge in [0.25, 0.3) is 0 Å². The molecule has 0 aromatic heterocycles. The van der Waals surface area contributed by atoms with Gasteiger partial charge in [0, 0.05) is 10.0 Å². The van der Waals surface area contributed by atoms with Crippen LogP contribution in [0.3, 0.4) is 0 Å². The standard InChI is InChI=1S/C22H33BrO5/c1-3-4-5-6-7-8-9-10-15-27-21(24)13-14-22(25)28-17-18-16-19(23)11-12-20(18)26-2/h11-12,16H,3-10,13-15,17H2,1-2H3. The van der Waals surface area contributed by atoms with Gasteiger partial charge in [-0.15, -0.1) is 0 Å². The van der Waals surface area contributed by atoms with Crippen molar-refractivity contribution < 1.29 is 23.8 Å². The number of rotatable bonds is 15. The summed E-state index contributed by atoms with van der Waals surface area (Å²) in [7, 11) is 1.57. The molecule has 0 aliphatic rings. The number of ether oxygens (including phenoxy) is 3. The molecule has 158 valence electrons. The van der Waals surface area contributed by atoms with Crippen LogP contribution in [0.25, 0.3) is 0 Å². The predicted octanol–water partition coefficient (Wildman–Crippen LogP) is 5.97. The van der Waals surface area contributed by atoms with E-state index < -0.39 is 5.97 Å². The predicted molar refractivity (Wildman–Crippen MR) is 113 cm³/mol. The van der Waals surface area contributed by atoms with Gasteiger partial charge in [-0.05, 0) is 24.6 Å². The van der Waals surface area contributed by atoms with E-state index in [1.165, 1.54) is 38.5 Å². The molecule has 0 bridgehead atoms. The molecule has 28 heavy (non-hydrogen) atoms. The first-order valence-electron chi connectivity index (χ1n) is 10.2. The van der Waals surface area contributed by atoms with Gasteiger partial charge in [0.15, 0.2) is 0 Å². The van der Waals surface area contributed by atoms with E-state index >= 15 is 0 Å². The smallest absolute Gasteiger partial charge is 0.306 e. The summed E-state index contributed by atoms with van der Waals surface area (Å²) in [6, 6.07) is 5.49. The summed E-state index contributed by atoms with van der Waals surface area (Å²) in [5, 5.41) is 0. The number of benzene rings is 1. The van der Waals surface area contributed by atoms with Gasteiger partial charge in [0.2, 0.25) is 0 Å². The number of methoxy groups -OCH3 is 1. The molecule has 1 rings (SSSR count). The molecule has 0 aliphatic carbocycles. The largest absolute Gasteiger partial charge is 0.496 e. The van der Waals surface area contributed by atoms with Crippen LogP contribution < -0.4 is 4.74 Å². The molecular formula is C22H33BrO5. The highest BCUT2D eigenvalue weighted by Crippen LogP contribution is 2.23. The van der Waals surface area contributed by atoms with Crippen molar-refractivity contribution >= 4 is 27.9 Å². The Hall–Kier alpha value is -1.56. The number of halogens is 1. The Morgan fingerprint density at radius 2 is 1.50 bits per heavy atom. The van der Waals surface area contributed by atoms with Gasteiger partial charge in [-0.3, -0.25) is 9.59 Å². The van der Waals surface area contributed by atoms with Crippen LogP contribution in [0.4, 0.5) is 0 Å². The van der Waals surface area contributed by atoms with Crippen molar-refractivity contribution in [1.82, 2.24) is 0 Å². The monoisotopic (exact) mass is 456 g/mol. The van der Waals surface area contributed by atoms with E-state index in [0.29, 0.717) is 12.4 Å². The minimum absolute atomic E-state index is 0.0204. The topological polar surface area (TPSA) is 61.8 Å². The molecule has 0 unspecified atom stereocenters. The van der Waals surface area contributed by atoms with E-state index in [0.717, 1.165) is 22.9 Å². The van der Waals surface area contributed by atoms with Crippen LogP contribution in [0.1, 0.15) is 76.7 Å². The van der Waals surface area contributed by atoms with E-state index in [2.05, 4.69) is 22.9 Å². The lowest BCUT2D eigenvalue weighted by molar-refractivity contribution is -0.151. The molecule has 0 N–H and O–H groups in total. The number of carbonyl (C=O) groups excluding carboxylic acids is 2. The molecule has 0 spiro atoms. The van der Waals surface area contributed by atoms with Gasteiger partial charge in [-0.2, -0.15) is 0 Å². The van der Waals surface area contributed by atoms with Crippen LogP contribution in [0.15, 0.2) is 22.7 Å². The SMILES string of the molecule is CCCCCCCCCCOC(=O)CCC(=O)OCc1cc(Br)ccc1OC. The molecule has 0 saturated carbocycles. The molecule has 1 aromatic rings. The number of carbonyl (C=O) groups is 2. The number of unbranched alkanes of at least 4 members (excludes halogenated alkanes) is 7. The highest BCUT2D eigenvalue weighted by atomic mass is 79.9. The number of hydrogen-bond donors (Lipinski definition) is 0. The zero-order chi connectivity index (χ0) is 20.6. The van der Waals surface area contributed by atoms with Crippen LogP contribution in [0.5, 0.6) is 5.75 Å². The quantitative estimate of drug-likeness (QED) is 0.240.